The molecule has 0 bridgehead atoms. The Hall–Kier alpha value is -2.87. The summed E-state index contributed by atoms with van der Waals surface area (Å²) in [5.41, 5.74) is 2.41. The highest BCUT2D eigenvalue weighted by Gasteiger charge is 2.36. The maximum Gasteiger partial charge on any atom is 0.338 e. The first-order valence-corrected chi connectivity index (χ1v) is 14.3. The number of carbonyl (C=O) groups is 3. The Morgan fingerprint density at radius 1 is 0.921 bits per heavy atom. The van der Waals surface area contributed by atoms with Crippen LogP contribution in [0, 0.1) is 0 Å². The highest BCUT2D eigenvalue weighted by molar-refractivity contribution is 5.95. The number of nitrogens with zero attached hydrogens (tertiary/aromatic N) is 1. The number of carbonyl (C=O) groups excluding carboxylic acids is 3. The van der Waals surface area contributed by atoms with Gasteiger partial charge in [0.2, 0.25) is 5.91 Å². The number of anilines is 1. The number of unbranched alkanes of at least 4 members (excludes halogenated alkanes) is 8. The minimum Gasteiger partial charge on any atom is -0.460 e. The molecule has 0 saturated carbocycles. The van der Waals surface area contributed by atoms with Gasteiger partial charge in [0.25, 0.3) is 0 Å². The van der Waals surface area contributed by atoms with E-state index in [2.05, 4.69) is 17.6 Å². The molecule has 8 nitrogen and oxygen atoms in total. The largest absolute Gasteiger partial charge is 0.460 e. The molecule has 0 aliphatic carbocycles. The summed E-state index contributed by atoms with van der Waals surface area (Å²) in [4.78, 5) is 39.8. The van der Waals surface area contributed by atoms with Crippen LogP contribution in [0.5, 0.6) is 0 Å². The van der Waals surface area contributed by atoms with Crippen LogP contribution < -0.4 is 10.6 Å². The van der Waals surface area contributed by atoms with Crippen molar-refractivity contribution in [2.24, 2.45) is 0 Å². The van der Waals surface area contributed by atoms with Gasteiger partial charge >= 0.3 is 12.0 Å². The molecular formula is C30H47N3O5. The highest BCUT2D eigenvalue weighted by Crippen LogP contribution is 2.32. The van der Waals surface area contributed by atoms with E-state index >= 15 is 0 Å². The number of hydrogen-bond donors (Lipinski definition) is 2. The van der Waals surface area contributed by atoms with Crippen LogP contribution in [0.2, 0.25) is 0 Å². The van der Waals surface area contributed by atoms with Gasteiger partial charge in [0.05, 0.1) is 18.2 Å². The normalized spacial score (nSPS) is 15.4. The summed E-state index contributed by atoms with van der Waals surface area (Å²) in [6.07, 6.45) is 12.2. The summed E-state index contributed by atoms with van der Waals surface area (Å²) in [7, 11) is 1.54. The van der Waals surface area contributed by atoms with Crippen molar-refractivity contribution in [2.45, 2.75) is 97.4 Å². The Kier molecular flexibility index (Phi) is 14.5. The number of ether oxygens (including phenoxy) is 2. The fourth-order valence-electron chi connectivity index (χ4n) is 4.66. The minimum absolute atomic E-state index is 0.0000209. The number of benzene rings is 1. The zero-order valence-corrected chi connectivity index (χ0v) is 23.8. The molecule has 0 radical (unpaired) electrons. The molecule has 0 saturated heterocycles. The topological polar surface area (TPSA) is 97.0 Å². The van der Waals surface area contributed by atoms with Crippen LogP contribution in [0.4, 0.5) is 10.5 Å². The van der Waals surface area contributed by atoms with E-state index < -0.39 is 12.0 Å². The van der Waals surface area contributed by atoms with E-state index in [-0.39, 0.29) is 18.5 Å². The second kappa shape index (κ2) is 17.6. The van der Waals surface area contributed by atoms with Gasteiger partial charge < -0.3 is 20.1 Å². The minimum atomic E-state index is -0.641. The maximum atomic E-state index is 13.0. The third kappa shape index (κ3) is 10.1. The smallest absolute Gasteiger partial charge is 0.338 e. The summed E-state index contributed by atoms with van der Waals surface area (Å²) in [5, 5.41) is 5.90. The Bertz CT molecular complexity index is 913. The fourth-order valence-corrected chi connectivity index (χ4v) is 4.66. The first-order chi connectivity index (χ1) is 18.4. The number of rotatable bonds is 18. The van der Waals surface area contributed by atoms with Gasteiger partial charge in [-0.2, -0.15) is 0 Å². The number of nitrogens with one attached hydrogen (secondary N) is 2. The van der Waals surface area contributed by atoms with Gasteiger partial charge in [0.15, 0.2) is 0 Å². The number of amides is 3. The molecule has 0 spiro atoms. The van der Waals surface area contributed by atoms with Gasteiger partial charge in [-0.05, 0) is 37.5 Å². The number of urea groups is 1. The Labute approximate surface area is 228 Å². The molecule has 1 heterocycles. The molecular weight excluding hydrogens is 482 g/mol. The van der Waals surface area contributed by atoms with E-state index in [0.29, 0.717) is 36.5 Å². The molecule has 2 rings (SSSR count). The van der Waals surface area contributed by atoms with Gasteiger partial charge in [0, 0.05) is 31.5 Å². The predicted octanol–water partition coefficient (Wildman–Crippen LogP) is 6.49. The van der Waals surface area contributed by atoms with Gasteiger partial charge in [-0.15, -0.1) is 0 Å². The quantitative estimate of drug-likeness (QED) is 0.167. The van der Waals surface area contributed by atoms with Crippen LogP contribution >= 0.6 is 0 Å². The molecule has 1 aromatic rings. The van der Waals surface area contributed by atoms with E-state index in [1.165, 1.54) is 44.9 Å². The number of esters is 1. The van der Waals surface area contributed by atoms with Crippen molar-refractivity contribution >= 4 is 23.6 Å². The Morgan fingerprint density at radius 2 is 1.55 bits per heavy atom. The average molecular weight is 530 g/mol. The lowest BCUT2D eigenvalue weighted by Gasteiger charge is -2.35. The van der Waals surface area contributed by atoms with E-state index in [4.69, 9.17) is 9.47 Å². The monoisotopic (exact) mass is 529 g/mol. The van der Waals surface area contributed by atoms with Crippen molar-refractivity contribution < 1.29 is 23.9 Å². The molecule has 1 atom stereocenters. The SMILES string of the molecule is CCCCCCCCCCCC(=O)Nc1ccc(C2NC(=O)N(CCC)C(C)=C2C(=O)OCCOC)cc1. The van der Waals surface area contributed by atoms with Crippen LogP contribution in [0.25, 0.3) is 0 Å². The average Bonchev–Trinajstić information content (AvgIpc) is 2.90. The summed E-state index contributed by atoms with van der Waals surface area (Å²) >= 11 is 0. The van der Waals surface area contributed by atoms with Crippen LogP contribution in [0.3, 0.4) is 0 Å². The zero-order valence-electron chi connectivity index (χ0n) is 23.8. The van der Waals surface area contributed by atoms with Gasteiger partial charge in [-0.25, -0.2) is 9.59 Å². The van der Waals surface area contributed by atoms with E-state index in [0.717, 1.165) is 24.8 Å². The molecule has 212 valence electrons. The van der Waals surface area contributed by atoms with Crippen molar-refractivity contribution in [3.05, 3.63) is 41.1 Å². The molecule has 1 aliphatic rings. The van der Waals surface area contributed by atoms with Gasteiger partial charge in [0.1, 0.15) is 6.61 Å². The van der Waals surface area contributed by atoms with E-state index in [1.807, 2.05) is 19.1 Å². The summed E-state index contributed by atoms with van der Waals surface area (Å²) < 4.78 is 10.4. The van der Waals surface area contributed by atoms with E-state index in [9.17, 15) is 14.4 Å². The standard InChI is InChI=1S/C30H47N3O5/c1-5-7-8-9-10-11-12-13-14-15-26(34)31-25-18-16-24(17-19-25)28-27(29(35)38-22-21-37-4)23(3)33(20-6-2)30(36)32-28/h16-19,28H,5-15,20-22H2,1-4H3,(H,31,34)(H,32,36). The predicted molar refractivity (Wildman–Crippen MR) is 151 cm³/mol. The molecule has 1 aromatic carbocycles. The van der Waals surface area contributed by atoms with Gasteiger partial charge in [-0.1, -0.05) is 77.3 Å². The number of hydrogen-bond acceptors (Lipinski definition) is 5. The van der Waals surface area contributed by atoms with Crippen molar-refractivity contribution in [3.63, 3.8) is 0 Å². The summed E-state index contributed by atoms with van der Waals surface area (Å²) in [6.45, 7) is 6.91. The second-order valence-electron chi connectivity index (χ2n) is 9.91. The van der Waals surface area contributed by atoms with Crippen LogP contribution in [0.15, 0.2) is 35.5 Å². The summed E-state index contributed by atoms with van der Waals surface area (Å²) in [6, 6.07) is 6.36. The van der Waals surface area contributed by atoms with Crippen LogP contribution in [0.1, 0.15) is 103 Å². The van der Waals surface area contributed by atoms with Crippen molar-refractivity contribution in [1.82, 2.24) is 10.2 Å². The molecule has 0 fully saturated rings. The molecule has 8 heteroatoms. The van der Waals surface area contributed by atoms with E-state index in [1.54, 1.807) is 31.1 Å². The third-order valence-electron chi connectivity index (χ3n) is 6.82. The Balaban J connectivity index is 1.95. The second-order valence-corrected chi connectivity index (χ2v) is 9.91. The van der Waals surface area contributed by atoms with Gasteiger partial charge in [-0.3, -0.25) is 9.69 Å². The van der Waals surface area contributed by atoms with Crippen molar-refractivity contribution in [2.75, 3.05) is 32.2 Å². The lowest BCUT2D eigenvalue weighted by Crippen LogP contribution is -2.48. The molecule has 2 N–H and O–H groups in total. The summed E-state index contributed by atoms with van der Waals surface area (Å²) in [5.74, 6) is -0.482. The molecule has 38 heavy (non-hydrogen) atoms. The first kappa shape index (κ1) is 31.3. The van der Waals surface area contributed by atoms with Crippen LogP contribution in [-0.4, -0.2) is 49.7 Å². The fraction of sp³-hybridized carbons (Fsp3) is 0.633. The molecule has 1 unspecified atom stereocenters. The maximum absolute atomic E-state index is 13.0. The first-order valence-electron chi connectivity index (χ1n) is 14.3. The van der Waals surface area contributed by atoms with Crippen molar-refractivity contribution in [3.8, 4) is 0 Å². The third-order valence-corrected chi connectivity index (χ3v) is 6.82. The van der Waals surface area contributed by atoms with Crippen molar-refractivity contribution in [1.29, 1.82) is 0 Å². The molecule has 0 aromatic heterocycles. The van der Waals surface area contributed by atoms with Crippen LogP contribution in [-0.2, 0) is 19.1 Å². The number of methoxy groups -OCH3 is 1. The number of allylic oxidation sites excluding steroid dienone is 1. The Morgan fingerprint density at radius 3 is 2.16 bits per heavy atom. The zero-order chi connectivity index (χ0) is 27.8. The lowest BCUT2D eigenvalue weighted by atomic mass is 9.94. The molecule has 1 aliphatic heterocycles. The highest BCUT2D eigenvalue weighted by atomic mass is 16.6. The molecule has 3 amide bonds. The lowest BCUT2D eigenvalue weighted by molar-refractivity contribution is -0.141.